The molecule has 0 radical (unpaired) electrons. The van der Waals surface area contributed by atoms with Crippen molar-refractivity contribution in [3.8, 4) is 0 Å². The molecule has 4 aromatic rings. The maximum Gasteiger partial charge on any atom is 0.373 e. The zero-order chi connectivity index (χ0) is 15.8. The summed E-state index contributed by atoms with van der Waals surface area (Å²) in [6, 6.07) is 11.2. The summed E-state index contributed by atoms with van der Waals surface area (Å²) in [4.78, 5) is 15.9. The Balaban J connectivity index is 1.60. The number of para-hydroxylation sites is 2. The number of rotatable bonds is 4. The van der Waals surface area contributed by atoms with E-state index in [2.05, 4.69) is 19.9 Å². The molecule has 7 nitrogen and oxygen atoms in total. The first-order chi connectivity index (χ1) is 11.3. The average Bonchev–Trinajstić information content (AvgIpc) is 3.27. The van der Waals surface area contributed by atoms with E-state index >= 15 is 0 Å². The first kappa shape index (κ1) is 13.9. The number of carbonyl (C=O) groups is 1. The number of thioether (sulfide) groups is 1. The Labute approximate surface area is 134 Å². The van der Waals surface area contributed by atoms with Crippen LogP contribution in [0.2, 0.25) is 0 Å². The Morgan fingerprint density at radius 1 is 1.35 bits per heavy atom. The van der Waals surface area contributed by atoms with Gasteiger partial charge in [-0.05, 0) is 24.3 Å². The molecule has 0 atom stereocenters. The fraction of sp³-hybridized carbons (Fsp3) is 0.133. The highest BCUT2D eigenvalue weighted by Crippen LogP contribution is 2.26. The number of nitrogens with zero attached hydrogens (tertiary/aromatic N) is 3. The number of methoxy groups -OCH3 is 1. The number of imidazole rings is 1. The molecule has 8 heteroatoms. The molecular formula is C15H12N4O3S. The van der Waals surface area contributed by atoms with Crippen molar-refractivity contribution in [2.45, 2.75) is 10.9 Å². The summed E-state index contributed by atoms with van der Waals surface area (Å²) in [6.45, 7) is 0. The highest BCUT2D eigenvalue weighted by molar-refractivity contribution is 7.98. The number of nitrogens with one attached hydrogen (secondary N) is 1. The van der Waals surface area contributed by atoms with Gasteiger partial charge in [0.1, 0.15) is 5.76 Å². The third kappa shape index (κ3) is 2.36. The predicted octanol–water partition coefficient (Wildman–Crippen LogP) is 2.88. The number of hydrogen-bond donors (Lipinski definition) is 1. The van der Waals surface area contributed by atoms with Crippen molar-refractivity contribution < 1.29 is 13.9 Å². The fourth-order valence-corrected chi connectivity index (χ4v) is 3.19. The molecule has 0 unspecified atom stereocenters. The number of hydrogen-bond acceptors (Lipinski definition) is 6. The molecule has 23 heavy (non-hydrogen) atoms. The zero-order valence-electron chi connectivity index (χ0n) is 12.1. The number of fused-ring (bicyclic) bond motifs is 3. The lowest BCUT2D eigenvalue weighted by molar-refractivity contribution is 0.0563. The second kappa shape index (κ2) is 5.47. The van der Waals surface area contributed by atoms with Crippen LogP contribution in [-0.4, -0.2) is 32.7 Å². The van der Waals surface area contributed by atoms with Crippen molar-refractivity contribution in [2.24, 2.45) is 0 Å². The molecule has 0 aliphatic rings. The molecule has 3 heterocycles. The van der Waals surface area contributed by atoms with Crippen LogP contribution in [0.5, 0.6) is 0 Å². The van der Waals surface area contributed by atoms with Crippen molar-refractivity contribution >= 4 is 34.5 Å². The summed E-state index contributed by atoms with van der Waals surface area (Å²) < 4.78 is 12.0. The number of benzene rings is 1. The highest BCUT2D eigenvalue weighted by atomic mass is 32.2. The summed E-state index contributed by atoms with van der Waals surface area (Å²) in [5.41, 5.74) is 1.91. The highest BCUT2D eigenvalue weighted by Gasteiger charge is 2.14. The van der Waals surface area contributed by atoms with Crippen LogP contribution < -0.4 is 0 Å². The van der Waals surface area contributed by atoms with Crippen molar-refractivity contribution in [2.75, 3.05) is 7.11 Å². The fourth-order valence-electron chi connectivity index (χ4n) is 2.34. The Bertz CT molecular complexity index is 1000. The number of esters is 1. The van der Waals surface area contributed by atoms with Crippen molar-refractivity contribution in [1.82, 2.24) is 19.6 Å². The average molecular weight is 328 g/mol. The van der Waals surface area contributed by atoms with Crippen molar-refractivity contribution in [3.63, 3.8) is 0 Å². The van der Waals surface area contributed by atoms with E-state index in [9.17, 15) is 4.79 Å². The maximum absolute atomic E-state index is 11.4. The SMILES string of the molecule is COC(=O)c1ccc(CSc2n[nH]c3nc4ccccc4n23)o1. The van der Waals surface area contributed by atoms with Crippen LogP contribution in [0.1, 0.15) is 16.3 Å². The van der Waals surface area contributed by atoms with Gasteiger partial charge in [-0.15, -0.1) is 5.10 Å². The number of furan rings is 1. The normalized spacial score (nSPS) is 11.3. The van der Waals surface area contributed by atoms with Gasteiger partial charge in [0.05, 0.1) is 23.9 Å². The van der Waals surface area contributed by atoms with Gasteiger partial charge in [-0.3, -0.25) is 4.40 Å². The van der Waals surface area contributed by atoms with Crippen LogP contribution in [0, 0.1) is 0 Å². The molecule has 0 amide bonds. The zero-order valence-corrected chi connectivity index (χ0v) is 13.0. The molecule has 1 N–H and O–H groups in total. The summed E-state index contributed by atoms with van der Waals surface area (Å²) in [5, 5.41) is 7.99. The number of ether oxygens (including phenoxy) is 1. The van der Waals surface area contributed by atoms with E-state index in [1.54, 1.807) is 12.1 Å². The van der Waals surface area contributed by atoms with Gasteiger partial charge in [-0.1, -0.05) is 23.9 Å². The van der Waals surface area contributed by atoms with E-state index < -0.39 is 5.97 Å². The Morgan fingerprint density at radius 3 is 3.09 bits per heavy atom. The smallest absolute Gasteiger partial charge is 0.373 e. The van der Waals surface area contributed by atoms with Crippen LogP contribution in [0.4, 0.5) is 0 Å². The van der Waals surface area contributed by atoms with Gasteiger partial charge in [-0.2, -0.15) is 0 Å². The molecular weight excluding hydrogens is 316 g/mol. The van der Waals surface area contributed by atoms with Crippen LogP contribution in [0.15, 0.2) is 46.0 Å². The Hall–Kier alpha value is -2.74. The molecule has 0 saturated carbocycles. The van der Waals surface area contributed by atoms with Gasteiger partial charge in [-0.25, -0.2) is 14.9 Å². The summed E-state index contributed by atoms with van der Waals surface area (Å²) in [5.74, 6) is 1.63. The van der Waals surface area contributed by atoms with E-state index in [1.165, 1.54) is 18.9 Å². The largest absolute Gasteiger partial charge is 0.463 e. The minimum Gasteiger partial charge on any atom is -0.463 e. The lowest BCUT2D eigenvalue weighted by atomic mass is 10.3. The van der Waals surface area contributed by atoms with Crippen molar-refractivity contribution in [3.05, 3.63) is 47.9 Å². The van der Waals surface area contributed by atoms with Crippen LogP contribution >= 0.6 is 11.8 Å². The maximum atomic E-state index is 11.4. The first-order valence-corrected chi connectivity index (χ1v) is 7.86. The summed E-state index contributed by atoms with van der Waals surface area (Å²) in [6.07, 6.45) is 0. The van der Waals surface area contributed by atoms with E-state index in [1.807, 2.05) is 28.7 Å². The number of carbonyl (C=O) groups excluding carboxylic acids is 1. The van der Waals surface area contributed by atoms with E-state index in [0.29, 0.717) is 17.3 Å². The minimum atomic E-state index is -0.482. The monoisotopic (exact) mass is 328 g/mol. The van der Waals surface area contributed by atoms with Crippen LogP contribution in [-0.2, 0) is 10.5 Å². The van der Waals surface area contributed by atoms with E-state index in [0.717, 1.165) is 16.2 Å². The van der Waals surface area contributed by atoms with Crippen molar-refractivity contribution in [1.29, 1.82) is 0 Å². The second-order valence-electron chi connectivity index (χ2n) is 4.81. The molecule has 1 aromatic carbocycles. The van der Waals surface area contributed by atoms with E-state index in [4.69, 9.17) is 4.42 Å². The van der Waals surface area contributed by atoms with Gasteiger partial charge in [0.2, 0.25) is 11.5 Å². The lowest BCUT2D eigenvalue weighted by Gasteiger charge is -1.98. The summed E-state index contributed by atoms with van der Waals surface area (Å²) in [7, 11) is 1.32. The second-order valence-corrected chi connectivity index (χ2v) is 5.75. The standard InChI is InChI=1S/C15H12N4O3S/c1-21-13(20)12-7-6-9(22-12)8-23-15-18-17-14-16-10-4-2-3-5-11(10)19(14)15/h2-7H,8H2,1H3,(H,16,17). The summed E-state index contributed by atoms with van der Waals surface area (Å²) >= 11 is 1.50. The quantitative estimate of drug-likeness (QED) is 0.458. The molecule has 0 aliphatic carbocycles. The third-order valence-corrected chi connectivity index (χ3v) is 4.36. The molecule has 0 spiro atoms. The first-order valence-electron chi connectivity index (χ1n) is 6.87. The predicted molar refractivity (Wildman–Crippen MR) is 84.5 cm³/mol. The molecule has 116 valence electrons. The Morgan fingerprint density at radius 2 is 2.22 bits per heavy atom. The molecule has 0 aliphatic heterocycles. The number of H-pyrrole nitrogens is 1. The van der Waals surface area contributed by atoms with E-state index in [-0.39, 0.29) is 5.76 Å². The Kier molecular flexibility index (Phi) is 3.30. The number of aromatic nitrogens is 4. The molecule has 0 fully saturated rings. The van der Waals surface area contributed by atoms with Gasteiger partial charge < -0.3 is 9.15 Å². The molecule has 0 saturated heterocycles. The third-order valence-electron chi connectivity index (χ3n) is 3.40. The van der Waals surface area contributed by atoms with Gasteiger partial charge >= 0.3 is 5.97 Å². The number of aromatic amines is 1. The minimum absolute atomic E-state index is 0.198. The van der Waals surface area contributed by atoms with Gasteiger partial charge in [0.15, 0.2) is 5.16 Å². The van der Waals surface area contributed by atoms with Gasteiger partial charge in [0.25, 0.3) is 0 Å². The van der Waals surface area contributed by atoms with Gasteiger partial charge in [0, 0.05) is 0 Å². The topological polar surface area (TPSA) is 85.4 Å². The lowest BCUT2D eigenvalue weighted by Crippen LogP contribution is -1.98. The molecule has 4 rings (SSSR count). The molecule has 0 bridgehead atoms. The molecule has 3 aromatic heterocycles. The van der Waals surface area contributed by atoms with Crippen LogP contribution in [0.3, 0.4) is 0 Å². The van der Waals surface area contributed by atoms with Crippen LogP contribution in [0.25, 0.3) is 16.8 Å².